The zero-order valence-corrected chi connectivity index (χ0v) is 15.2. The molecule has 0 spiro atoms. The topological polar surface area (TPSA) is 76.5 Å². The number of halogens is 2. The Hall–Kier alpha value is -3.16. The van der Waals surface area contributed by atoms with Crippen molar-refractivity contribution in [1.82, 2.24) is 24.5 Å². The third kappa shape index (κ3) is 2.59. The van der Waals surface area contributed by atoms with E-state index in [0.717, 1.165) is 36.8 Å². The first kappa shape index (κ1) is 17.0. The highest BCUT2D eigenvalue weighted by Crippen LogP contribution is 2.37. The lowest BCUT2D eigenvalue weighted by atomic mass is 9.85. The van der Waals surface area contributed by atoms with Gasteiger partial charge in [-0.3, -0.25) is 4.79 Å². The van der Waals surface area contributed by atoms with Gasteiger partial charge in [0.15, 0.2) is 22.9 Å². The molecule has 1 saturated carbocycles. The standard InChI is InChI=1S/C20H17F2N5O/c1-10-8-23-18-20(24-10)27(19(26-18)11-3-2-4-11)9-12-7-15(28)25-17-13(12)5-6-14(21)16(17)22/h5-8,11H,2-4,9H2,1H3,(H,25,28). The Morgan fingerprint density at radius 1 is 1.25 bits per heavy atom. The molecule has 3 heterocycles. The van der Waals surface area contributed by atoms with Crippen molar-refractivity contribution in [2.45, 2.75) is 38.6 Å². The Bertz CT molecular complexity index is 1290. The van der Waals surface area contributed by atoms with Gasteiger partial charge < -0.3 is 9.55 Å². The van der Waals surface area contributed by atoms with Gasteiger partial charge in [-0.2, -0.15) is 0 Å². The molecule has 0 unspecified atom stereocenters. The van der Waals surface area contributed by atoms with Gasteiger partial charge in [-0.25, -0.2) is 23.7 Å². The lowest BCUT2D eigenvalue weighted by molar-refractivity contribution is 0.391. The maximum Gasteiger partial charge on any atom is 0.248 e. The van der Waals surface area contributed by atoms with Crippen molar-refractivity contribution in [2.24, 2.45) is 0 Å². The summed E-state index contributed by atoms with van der Waals surface area (Å²) in [5, 5.41) is 0.459. The van der Waals surface area contributed by atoms with Crippen molar-refractivity contribution in [3.05, 3.63) is 63.5 Å². The van der Waals surface area contributed by atoms with E-state index in [4.69, 9.17) is 0 Å². The molecule has 4 aromatic rings. The molecular weight excluding hydrogens is 364 g/mol. The summed E-state index contributed by atoms with van der Waals surface area (Å²) in [4.78, 5) is 28.1. The van der Waals surface area contributed by atoms with Gasteiger partial charge in [0.1, 0.15) is 5.82 Å². The predicted molar refractivity (Wildman–Crippen MR) is 100 cm³/mol. The minimum Gasteiger partial charge on any atom is -0.319 e. The van der Waals surface area contributed by atoms with Crippen molar-refractivity contribution >= 4 is 22.2 Å². The number of nitrogens with one attached hydrogen (secondary N) is 1. The van der Waals surface area contributed by atoms with E-state index in [1.54, 1.807) is 6.20 Å². The third-order valence-electron chi connectivity index (χ3n) is 5.40. The molecule has 28 heavy (non-hydrogen) atoms. The number of fused-ring (bicyclic) bond motifs is 2. The summed E-state index contributed by atoms with van der Waals surface area (Å²) in [6.45, 7) is 2.14. The van der Waals surface area contributed by atoms with Crippen LogP contribution in [0.2, 0.25) is 0 Å². The lowest BCUT2D eigenvalue weighted by Crippen LogP contribution is -2.17. The van der Waals surface area contributed by atoms with E-state index in [1.807, 2.05) is 11.5 Å². The van der Waals surface area contributed by atoms with Crippen LogP contribution in [-0.4, -0.2) is 24.5 Å². The predicted octanol–water partition coefficient (Wildman–Crippen LogP) is 3.57. The molecular formula is C20H17F2N5O. The van der Waals surface area contributed by atoms with E-state index in [-0.39, 0.29) is 12.1 Å². The second-order valence-corrected chi connectivity index (χ2v) is 7.29. The summed E-state index contributed by atoms with van der Waals surface area (Å²) in [5.41, 5.74) is 1.93. The van der Waals surface area contributed by atoms with Gasteiger partial charge in [-0.05, 0) is 37.5 Å². The Labute approximate surface area is 158 Å². The van der Waals surface area contributed by atoms with Crippen molar-refractivity contribution in [3.63, 3.8) is 0 Å². The highest BCUT2D eigenvalue weighted by Gasteiger charge is 2.27. The molecule has 142 valence electrons. The number of benzene rings is 1. The molecule has 1 aromatic carbocycles. The van der Waals surface area contributed by atoms with Crippen LogP contribution in [-0.2, 0) is 6.54 Å². The molecule has 0 saturated heterocycles. The largest absolute Gasteiger partial charge is 0.319 e. The zero-order valence-electron chi connectivity index (χ0n) is 15.2. The van der Waals surface area contributed by atoms with Gasteiger partial charge in [0.2, 0.25) is 5.56 Å². The molecule has 6 nitrogen and oxygen atoms in total. The first-order chi connectivity index (χ1) is 13.5. The van der Waals surface area contributed by atoms with Crippen LogP contribution in [0.15, 0.2) is 29.2 Å². The minimum atomic E-state index is -1.05. The second-order valence-electron chi connectivity index (χ2n) is 7.29. The number of aromatic amines is 1. The van der Waals surface area contributed by atoms with Crippen LogP contribution in [0.3, 0.4) is 0 Å². The molecule has 3 aromatic heterocycles. The van der Waals surface area contributed by atoms with E-state index >= 15 is 0 Å². The van der Waals surface area contributed by atoms with Crippen LogP contribution in [0.1, 0.15) is 42.3 Å². The average molecular weight is 381 g/mol. The number of hydrogen-bond acceptors (Lipinski definition) is 4. The fourth-order valence-electron chi connectivity index (χ4n) is 3.77. The first-order valence-electron chi connectivity index (χ1n) is 9.21. The Morgan fingerprint density at radius 2 is 2.07 bits per heavy atom. The quantitative estimate of drug-likeness (QED) is 0.589. The van der Waals surface area contributed by atoms with Crippen molar-refractivity contribution < 1.29 is 8.78 Å². The number of pyridine rings is 1. The van der Waals surface area contributed by atoms with Gasteiger partial charge in [0, 0.05) is 17.4 Å². The summed E-state index contributed by atoms with van der Waals surface area (Å²) in [6, 6.07) is 3.97. The SMILES string of the molecule is Cc1cnc2nc(C3CCC3)n(Cc3cc(=O)[nH]c4c(F)c(F)ccc34)c2n1. The summed E-state index contributed by atoms with van der Waals surface area (Å²) in [5.74, 6) is -0.853. The molecule has 0 atom stereocenters. The Kier molecular flexibility index (Phi) is 3.75. The number of imidazole rings is 1. The fraction of sp³-hybridized carbons (Fsp3) is 0.300. The molecule has 1 fully saturated rings. The van der Waals surface area contributed by atoms with Gasteiger partial charge in [0.05, 0.1) is 24.0 Å². The number of rotatable bonds is 3. The van der Waals surface area contributed by atoms with Crippen LogP contribution in [0.5, 0.6) is 0 Å². The van der Waals surface area contributed by atoms with Crippen LogP contribution >= 0.6 is 0 Å². The molecule has 0 bridgehead atoms. The van der Waals surface area contributed by atoms with Gasteiger partial charge in [-0.15, -0.1) is 0 Å². The number of aromatic nitrogens is 5. The Balaban J connectivity index is 1.73. The van der Waals surface area contributed by atoms with Gasteiger partial charge >= 0.3 is 0 Å². The molecule has 0 amide bonds. The first-order valence-corrected chi connectivity index (χ1v) is 9.21. The van der Waals surface area contributed by atoms with E-state index in [0.29, 0.717) is 28.2 Å². The van der Waals surface area contributed by atoms with E-state index in [2.05, 4.69) is 19.9 Å². The van der Waals surface area contributed by atoms with Gasteiger partial charge in [-0.1, -0.05) is 6.42 Å². The third-order valence-corrected chi connectivity index (χ3v) is 5.40. The summed E-state index contributed by atoms with van der Waals surface area (Å²) >= 11 is 0. The lowest BCUT2D eigenvalue weighted by Gasteiger charge is -2.25. The second kappa shape index (κ2) is 6.19. The molecule has 0 aliphatic heterocycles. The van der Waals surface area contributed by atoms with E-state index in [1.165, 1.54) is 12.1 Å². The normalized spacial score (nSPS) is 14.7. The summed E-state index contributed by atoms with van der Waals surface area (Å²) in [7, 11) is 0. The Morgan fingerprint density at radius 3 is 2.82 bits per heavy atom. The maximum atomic E-state index is 14.2. The fourth-order valence-corrected chi connectivity index (χ4v) is 3.77. The number of nitrogens with zero attached hydrogens (tertiary/aromatic N) is 4. The van der Waals surface area contributed by atoms with Crippen LogP contribution in [0, 0.1) is 18.6 Å². The highest BCUT2D eigenvalue weighted by atomic mass is 19.2. The molecule has 1 aliphatic carbocycles. The maximum absolute atomic E-state index is 14.2. The molecule has 1 aliphatic rings. The minimum absolute atomic E-state index is 0.126. The monoisotopic (exact) mass is 381 g/mol. The molecule has 1 N–H and O–H groups in total. The summed E-state index contributed by atoms with van der Waals surface area (Å²) in [6.07, 6.45) is 4.90. The van der Waals surface area contributed by atoms with Crippen LogP contribution in [0.4, 0.5) is 8.78 Å². The van der Waals surface area contributed by atoms with Crippen molar-refractivity contribution in [2.75, 3.05) is 0 Å². The summed E-state index contributed by atoms with van der Waals surface area (Å²) < 4.78 is 29.8. The molecule has 0 radical (unpaired) electrons. The van der Waals surface area contributed by atoms with Crippen molar-refractivity contribution in [3.8, 4) is 0 Å². The van der Waals surface area contributed by atoms with Crippen LogP contribution < -0.4 is 5.56 Å². The van der Waals surface area contributed by atoms with Gasteiger partial charge in [0.25, 0.3) is 0 Å². The van der Waals surface area contributed by atoms with E-state index < -0.39 is 17.2 Å². The van der Waals surface area contributed by atoms with Crippen LogP contribution in [0.25, 0.3) is 22.2 Å². The smallest absolute Gasteiger partial charge is 0.248 e. The number of hydrogen-bond donors (Lipinski definition) is 1. The number of H-pyrrole nitrogens is 1. The van der Waals surface area contributed by atoms with Crippen molar-refractivity contribution in [1.29, 1.82) is 0 Å². The van der Waals surface area contributed by atoms with E-state index in [9.17, 15) is 13.6 Å². The number of aryl methyl sites for hydroxylation is 1. The highest BCUT2D eigenvalue weighted by molar-refractivity contribution is 5.82. The average Bonchev–Trinajstić information content (AvgIpc) is 2.94. The zero-order chi connectivity index (χ0) is 19.4. The molecule has 5 rings (SSSR count). The molecule has 8 heteroatoms.